The second-order valence-corrected chi connectivity index (χ2v) is 4.53. The zero-order chi connectivity index (χ0) is 10.7. The zero-order valence-corrected chi connectivity index (χ0v) is 9.24. The maximum Gasteiger partial charge on any atom is 0.0581 e. The Kier molecular flexibility index (Phi) is 3.39. The highest BCUT2D eigenvalue weighted by molar-refractivity contribution is 5.32. The fraction of sp³-hybridized carbons (Fsp3) is 0.538. The highest BCUT2D eigenvalue weighted by atomic mass is 16.3. The smallest absolute Gasteiger partial charge is 0.0581 e. The highest BCUT2D eigenvalue weighted by Crippen LogP contribution is 2.25. The van der Waals surface area contributed by atoms with E-state index in [-0.39, 0.29) is 12.6 Å². The van der Waals surface area contributed by atoms with E-state index < -0.39 is 0 Å². The molecule has 2 N–H and O–H groups in total. The summed E-state index contributed by atoms with van der Waals surface area (Å²) in [4.78, 5) is 0. The first-order valence-electron chi connectivity index (χ1n) is 5.70. The molecular formula is C13H19NO. The minimum atomic E-state index is 0.216. The molecule has 1 aromatic carbocycles. The van der Waals surface area contributed by atoms with Crippen LogP contribution in [0.4, 0.5) is 0 Å². The number of rotatable bonds is 4. The van der Waals surface area contributed by atoms with E-state index in [1.165, 1.54) is 24.0 Å². The molecule has 2 rings (SSSR count). The molecule has 2 heteroatoms. The minimum Gasteiger partial charge on any atom is -0.395 e. The Morgan fingerprint density at radius 3 is 2.47 bits per heavy atom. The summed E-state index contributed by atoms with van der Waals surface area (Å²) in [6, 6.07) is 8.90. The number of fused-ring (bicyclic) bond motifs is 1. The van der Waals surface area contributed by atoms with Gasteiger partial charge in [0.05, 0.1) is 6.61 Å². The van der Waals surface area contributed by atoms with Crippen LogP contribution in [0.1, 0.15) is 18.1 Å². The van der Waals surface area contributed by atoms with Gasteiger partial charge >= 0.3 is 0 Å². The molecule has 0 aromatic heterocycles. The Labute approximate surface area is 91.3 Å². The van der Waals surface area contributed by atoms with Crippen LogP contribution in [0.5, 0.6) is 0 Å². The van der Waals surface area contributed by atoms with Gasteiger partial charge in [0.2, 0.25) is 0 Å². The molecule has 1 aromatic rings. The van der Waals surface area contributed by atoms with Crippen LogP contribution in [0.15, 0.2) is 24.3 Å². The maximum atomic E-state index is 8.92. The van der Waals surface area contributed by atoms with Gasteiger partial charge in [0.1, 0.15) is 0 Å². The van der Waals surface area contributed by atoms with Crippen molar-refractivity contribution in [2.24, 2.45) is 5.92 Å². The van der Waals surface area contributed by atoms with Crippen molar-refractivity contribution in [3.63, 3.8) is 0 Å². The lowest BCUT2D eigenvalue weighted by atomic mass is 10.1. The average Bonchev–Trinajstić information content (AvgIpc) is 2.68. The van der Waals surface area contributed by atoms with E-state index in [0.29, 0.717) is 5.92 Å². The molecule has 0 radical (unpaired) electrons. The number of nitrogens with one attached hydrogen (secondary N) is 1. The SMILES string of the molecule is CC(CO)NCC1Cc2ccccc2C1. The lowest BCUT2D eigenvalue weighted by Gasteiger charge is -2.14. The van der Waals surface area contributed by atoms with Crippen LogP contribution < -0.4 is 5.32 Å². The minimum absolute atomic E-state index is 0.216. The van der Waals surface area contributed by atoms with Crippen molar-refractivity contribution in [1.82, 2.24) is 5.32 Å². The lowest BCUT2D eigenvalue weighted by Crippen LogP contribution is -2.33. The van der Waals surface area contributed by atoms with Crippen molar-refractivity contribution in [2.45, 2.75) is 25.8 Å². The van der Waals surface area contributed by atoms with Gasteiger partial charge in [0.15, 0.2) is 0 Å². The Balaban J connectivity index is 1.85. The molecule has 1 unspecified atom stereocenters. The van der Waals surface area contributed by atoms with Crippen LogP contribution in [-0.2, 0) is 12.8 Å². The summed E-state index contributed by atoms with van der Waals surface area (Å²) < 4.78 is 0. The van der Waals surface area contributed by atoms with E-state index in [1.807, 2.05) is 6.92 Å². The molecule has 0 fully saturated rings. The van der Waals surface area contributed by atoms with Crippen LogP contribution in [0.3, 0.4) is 0 Å². The van der Waals surface area contributed by atoms with Gasteiger partial charge in [0.25, 0.3) is 0 Å². The number of hydrogen-bond donors (Lipinski definition) is 2. The van der Waals surface area contributed by atoms with Gasteiger partial charge in [-0.15, -0.1) is 0 Å². The first-order valence-corrected chi connectivity index (χ1v) is 5.70. The molecule has 1 aliphatic carbocycles. The van der Waals surface area contributed by atoms with Crippen LogP contribution in [0.2, 0.25) is 0 Å². The van der Waals surface area contributed by atoms with Crippen LogP contribution in [-0.4, -0.2) is 24.3 Å². The maximum absolute atomic E-state index is 8.92. The third-order valence-corrected chi connectivity index (χ3v) is 3.16. The molecule has 0 spiro atoms. The second-order valence-electron chi connectivity index (χ2n) is 4.53. The van der Waals surface area contributed by atoms with Crippen molar-refractivity contribution in [2.75, 3.05) is 13.2 Å². The molecule has 0 aliphatic heterocycles. The number of benzene rings is 1. The fourth-order valence-corrected chi connectivity index (χ4v) is 2.23. The summed E-state index contributed by atoms with van der Waals surface area (Å²) in [5, 5.41) is 12.3. The van der Waals surface area contributed by atoms with Crippen molar-refractivity contribution in [1.29, 1.82) is 0 Å². The summed E-state index contributed by atoms with van der Waals surface area (Å²) >= 11 is 0. The summed E-state index contributed by atoms with van der Waals surface area (Å²) in [6.45, 7) is 3.25. The van der Waals surface area contributed by atoms with E-state index in [4.69, 9.17) is 5.11 Å². The predicted molar refractivity (Wildman–Crippen MR) is 61.9 cm³/mol. The second kappa shape index (κ2) is 4.77. The van der Waals surface area contributed by atoms with Crippen LogP contribution >= 0.6 is 0 Å². The molecule has 0 amide bonds. The van der Waals surface area contributed by atoms with Gasteiger partial charge in [-0.1, -0.05) is 24.3 Å². The summed E-state index contributed by atoms with van der Waals surface area (Å²) in [5.41, 5.74) is 3.00. The summed E-state index contributed by atoms with van der Waals surface area (Å²) in [6.07, 6.45) is 2.36. The number of aliphatic hydroxyl groups is 1. The van der Waals surface area contributed by atoms with E-state index in [9.17, 15) is 0 Å². The van der Waals surface area contributed by atoms with E-state index in [1.54, 1.807) is 0 Å². The molecule has 1 aliphatic rings. The summed E-state index contributed by atoms with van der Waals surface area (Å²) in [7, 11) is 0. The van der Waals surface area contributed by atoms with Gasteiger partial charge in [-0.25, -0.2) is 0 Å². The third kappa shape index (κ3) is 2.58. The van der Waals surface area contributed by atoms with Gasteiger partial charge in [-0.2, -0.15) is 0 Å². The highest BCUT2D eigenvalue weighted by Gasteiger charge is 2.20. The van der Waals surface area contributed by atoms with Gasteiger partial charge in [0, 0.05) is 6.04 Å². The Hall–Kier alpha value is -0.860. The quantitative estimate of drug-likeness (QED) is 0.778. The van der Waals surface area contributed by atoms with E-state index in [0.717, 1.165) is 6.54 Å². The molecule has 0 saturated heterocycles. The van der Waals surface area contributed by atoms with E-state index >= 15 is 0 Å². The molecule has 0 heterocycles. The van der Waals surface area contributed by atoms with Crippen molar-refractivity contribution in [3.8, 4) is 0 Å². The largest absolute Gasteiger partial charge is 0.395 e. The topological polar surface area (TPSA) is 32.3 Å². The van der Waals surface area contributed by atoms with Crippen LogP contribution in [0, 0.1) is 5.92 Å². The first kappa shape index (κ1) is 10.7. The molecule has 2 nitrogen and oxygen atoms in total. The Morgan fingerprint density at radius 2 is 1.93 bits per heavy atom. The number of aliphatic hydroxyl groups excluding tert-OH is 1. The first-order chi connectivity index (χ1) is 7.29. The summed E-state index contributed by atoms with van der Waals surface area (Å²) in [5.74, 6) is 0.705. The molecule has 1 atom stereocenters. The predicted octanol–water partition coefficient (Wildman–Crippen LogP) is 1.37. The Morgan fingerprint density at radius 1 is 1.33 bits per heavy atom. The zero-order valence-electron chi connectivity index (χ0n) is 9.24. The standard InChI is InChI=1S/C13H19NO/c1-10(9-15)14-8-11-6-12-4-2-3-5-13(12)7-11/h2-5,10-11,14-15H,6-9H2,1H3. The van der Waals surface area contributed by atoms with Gasteiger partial charge < -0.3 is 10.4 Å². The monoisotopic (exact) mass is 205 g/mol. The Bertz CT molecular complexity index is 299. The van der Waals surface area contributed by atoms with Crippen molar-refractivity contribution in [3.05, 3.63) is 35.4 Å². The van der Waals surface area contributed by atoms with Crippen molar-refractivity contribution >= 4 is 0 Å². The van der Waals surface area contributed by atoms with E-state index in [2.05, 4.69) is 29.6 Å². The normalized spacial score (nSPS) is 17.7. The van der Waals surface area contributed by atoms with Crippen LogP contribution in [0.25, 0.3) is 0 Å². The fourth-order valence-electron chi connectivity index (χ4n) is 2.23. The molecule has 0 saturated carbocycles. The lowest BCUT2D eigenvalue weighted by molar-refractivity contribution is 0.246. The third-order valence-electron chi connectivity index (χ3n) is 3.16. The molecular weight excluding hydrogens is 186 g/mol. The molecule has 82 valence electrons. The average molecular weight is 205 g/mol. The van der Waals surface area contributed by atoms with Gasteiger partial charge in [-0.05, 0) is 43.4 Å². The molecule has 15 heavy (non-hydrogen) atoms. The number of hydrogen-bond acceptors (Lipinski definition) is 2. The molecule has 0 bridgehead atoms. The van der Waals surface area contributed by atoms with Crippen molar-refractivity contribution < 1.29 is 5.11 Å². The van der Waals surface area contributed by atoms with Gasteiger partial charge in [-0.3, -0.25) is 0 Å².